The molecular weight excluding hydrogens is 312 g/mol. The molecule has 0 aliphatic heterocycles. The normalized spacial score (nSPS) is 12.8. The van der Waals surface area contributed by atoms with Crippen LogP contribution in [0.5, 0.6) is 5.75 Å². The second-order valence-electron chi connectivity index (χ2n) is 5.58. The van der Waals surface area contributed by atoms with E-state index in [2.05, 4.69) is 10.6 Å². The van der Waals surface area contributed by atoms with E-state index in [1.165, 1.54) is 6.92 Å². The van der Waals surface area contributed by atoms with E-state index in [1.807, 2.05) is 13.8 Å². The lowest BCUT2D eigenvalue weighted by atomic mass is 9.96. The van der Waals surface area contributed by atoms with Crippen molar-refractivity contribution in [1.82, 2.24) is 10.6 Å². The van der Waals surface area contributed by atoms with Crippen molar-refractivity contribution in [2.75, 3.05) is 13.2 Å². The Morgan fingerprint density at radius 2 is 1.79 bits per heavy atom. The van der Waals surface area contributed by atoms with E-state index in [9.17, 15) is 19.5 Å². The van der Waals surface area contributed by atoms with Crippen LogP contribution < -0.4 is 15.4 Å². The number of hydrogen-bond acceptors (Lipinski definition) is 4. The second kappa shape index (κ2) is 8.90. The molecule has 0 spiro atoms. The smallest absolute Gasteiger partial charge is 0.329 e. The van der Waals surface area contributed by atoms with Crippen LogP contribution in [-0.2, 0) is 9.59 Å². The molecule has 0 bridgehead atoms. The third-order valence-electron chi connectivity index (χ3n) is 3.47. The lowest BCUT2D eigenvalue weighted by molar-refractivity contribution is -0.147. The summed E-state index contributed by atoms with van der Waals surface area (Å²) in [5.41, 5.74) is -0.948. The molecule has 0 heterocycles. The maximum absolute atomic E-state index is 12.0. The number of benzene rings is 1. The average Bonchev–Trinajstić information content (AvgIpc) is 2.53. The molecule has 24 heavy (non-hydrogen) atoms. The van der Waals surface area contributed by atoms with Crippen LogP contribution in [0.3, 0.4) is 0 Å². The van der Waals surface area contributed by atoms with Crippen LogP contribution >= 0.6 is 0 Å². The Hall–Kier alpha value is -2.57. The highest BCUT2D eigenvalue weighted by molar-refractivity contribution is 5.97. The fourth-order valence-corrected chi connectivity index (χ4v) is 2.21. The Bertz CT molecular complexity index is 585. The first-order valence-electron chi connectivity index (χ1n) is 7.88. The van der Waals surface area contributed by atoms with Gasteiger partial charge in [-0.05, 0) is 44.5 Å². The molecule has 132 valence electrons. The highest BCUT2D eigenvalue weighted by Gasteiger charge is 2.33. The number of ether oxygens (including phenoxy) is 1. The van der Waals surface area contributed by atoms with Crippen LogP contribution in [0.1, 0.15) is 44.0 Å². The van der Waals surface area contributed by atoms with E-state index in [-0.39, 0.29) is 6.54 Å². The molecule has 0 saturated heterocycles. The first-order chi connectivity index (χ1) is 11.3. The summed E-state index contributed by atoms with van der Waals surface area (Å²) in [4.78, 5) is 35.2. The predicted octanol–water partition coefficient (Wildman–Crippen LogP) is 1.57. The Kier molecular flexibility index (Phi) is 7.23. The lowest BCUT2D eigenvalue weighted by Gasteiger charge is -2.25. The fraction of sp³-hybridized carbons (Fsp3) is 0.471. The summed E-state index contributed by atoms with van der Waals surface area (Å²) in [7, 11) is 0. The minimum atomic E-state index is -1.34. The van der Waals surface area contributed by atoms with Crippen LogP contribution in [0.2, 0.25) is 0 Å². The highest BCUT2D eigenvalue weighted by atomic mass is 16.5. The number of amides is 2. The van der Waals surface area contributed by atoms with Crippen LogP contribution in [0.25, 0.3) is 0 Å². The van der Waals surface area contributed by atoms with Gasteiger partial charge in [0.05, 0.1) is 13.2 Å². The van der Waals surface area contributed by atoms with Gasteiger partial charge in [0.15, 0.2) is 0 Å². The van der Waals surface area contributed by atoms with Crippen molar-refractivity contribution in [3.63, 3.8) is 0 Å². The molecule has 0 saturated carbocycles. The molecule has 0 aliphatic rings. The summed E-state index contributed by atoms with van der Waals surface area (Å²) in [6.07, 6.45) is 0.919. The third-order valence-corrected chi connectivity index (χ3v) is 3.47. The average molecular weight is 336 g/mol. The molecule has 1 aromatic rings. The Morgan fingerprint density at radius 3 is 2.29 bits per heavy atom. The fourth-order valence-electron chi connectivity index (χ4n) is 2.21. The van der Waals surface area contributed by atoms with Crippen molar-refractivity contribution in [3.8, 4) is 5.75 Å². The zero-order chi connectivity index (χ0) is 18.2. The molecule has 3 N–H and O–H groups in total. The van der Waals surface area contributed by atoms with Gasteiger partial charge in [0, 0.05) is 5.56 Å². The Morgan fingerprint density at radius 1 is 1.17 bits per heavy atom. The third kappa shape index (κ3) is 5.57. The highest BCUT2D eigenvalue weighted by Crippen LogP contribution is 2.13. The lowest BCUT2D eigenvalue weighted by Crippen LogP contribution is -2.54. The van der Waals surface area contributed by atoms with Gasteiger partial charge in [0.1, 0.15) is 11.3 Å². The minimum absolute atomic E-state index is 0.293. The quantitative estimate of drug-likeness (QED) is 0.635. The summed E-state index contributed by atoms with van der Waals surface area (Å²) in [6.45, 7) is 5.39. The number of rotatable bonds is 9. The zero-order valence-electron chi connectivity index (χ0n) is 14.2. The zero-order valence-corrected chi connectivity index (χ0v) is 14.2. The van der Waals surface area contributed by atoms with Crippen molar-refractivity contribution < 1.29 is 24.2 Å². The number of carboxylic acids is 1. The van der Waals surface area contributed by atoms with Gasteiger partial charge in [-0.1, -0.05) is 13.3 Å². The molecule has 1 unspecified atom stereocenters. The van der Waals surface area contributed by atoms with Crippen LogP contribution in [0.15, 0.2) is 24.3 Å². The maximum Gasteiger partial charge on any atom is 0.329 e. The second-order valence-corrected chi connectivity index (χ2v) is 5.58. The first kappa shape index (κ1) is 19.5. The number of aliphatic carboxylic acids is 1. The number of hydrogen-bond donors (Lipinski definition) is 3. The minimum Gasteiger partial charge on any atom is -0.494 e. The van der Waals surface area contributed by atoms with Gasteiger partial charge in [-0.15, -0.1) is 0 Å². The molecule has 1 aromatic carbocycles. The molecule has 0 radical (unpaired) electrons. The van der Waals surface area contributed by atoms with E-state index >= 15 is 0 Å². The van der Waals surface area contributed by atoms with Crippen LogP contribution in [-0.4, -0.2) is 41.6 Å². The maximum atomic E-state index is 12.0. The van der Waals surface area contributed by atoms with Gasteiger partial charge in [-0.25, -0.2) is 4.79 Å². The molecular formula is C17H24N2O5. The molecule has 0 fully saturated rings. The molecule has 1 rings (SSSR count). The van der Waals surface area contributed by atoms with Crippen molar-refractivity contribution >= 4 is 17.8 Å². The number of carbonyl (C=O) groups excluding carboxylic acids is 2. The van der Waals surface area contributed by atoms with Gasteiger partial charge < -0.3 is 20.5 Å². The molecule has 0 aromatic heterocycles. The summed E-state index contributed by atoms with van der Waals surface area (Å²) in [5, 5.41) is 14.1. The topological polar surface area (TPSA) is 105 Å². The molecule has 0 aliphatic carbocycles. The molecule has 7 heteroatoms. The molecule has 1 atom stereocenters. The van der Waals surface area contributed by atoms with Crippen LogP contribution in [0.4, 0.5) is 0 Å². The van der Waals surface area contributed by atoms with Gasteiger partial charge in [-0.2, -0.15) is 0 Å². The summed E-state index contributed by atoms with van der Waals surface area (Å²) < 4.78 is 5.29. The number of nitrogens with one attached hydrogen (secondary N) is 2. The van der Waals surface area contributed by atoms with Crippen molar-refractivity contribution in [2.24, 2.45) is 0 Å². The van der Waals surface area contributed by atoms with Crippen molar-refractivity contribution in [1.29, 1.82) is 0 Å². The molecule has 7 nitrogen and oxygen atoms in total. The molecule has 2 amide bonds. The van der Waals surface area contributed by atoms with E-state index in [0.717, 1.165) is 0 Å². The van der Waals surface area contributed by atoms with Gasteiger partial charge in [-0.3, -0.25) is 9.59 Å². The van der Waals surface area contributed by atoms with Crippen molar-refractivity contribution in [2.45, 2.75) is 39.2 Å². The predicted molar refractivity (Wildman–Crippen MR) is 89.0 cm³/mol. The Balaban J connectivity index is 2.56. The van der Waals surface area contributed by atoms with Crippen LogP contribution in [0, 0.1) is 0 Å². The largest absolute Gasteiger partial charge is 0.494 e. The standard InChI is InChI=1S/C17H24N2O5/c1-4-10-17(3,16(22)23)19-14(20)11-18-15(21)12-6-8-13(9-7-12)24-5-2/h6-9H,4-5,10-11H2,1-3H3,(H,18,21)(H,19,20)(H,22,23). The Labute approximate surface area is 141 Å². The van der Waals surface area contributed by atoms with Gasteiger partial charge >= 0.3 is 5.97 Å². The van der Waals surface area contributed by atoms with E-state index in [1.54, 1.807) is 24.3 Å². The number of carboxylic acid groups (broad SMARTS) is 1. The SMILES string of the molecule is CCCC(C)(NC(=O)CNC(=O)c1ccc(OCC)cc1)C(=O)O. The van der Waals surface area contributed by atoms with Gasteiger partial charge in [0.25, 0.3) is 5.91 Å². The summed E-state index contributed by atoms with van der Waals surface area (Å²) >= 11 is 0. The monoisotopic (exact) mass is 336 g/mol. The number of carbonyl (C=O) groups is 3. The van der Waals surface area contributed by atoms with Crippen molar-refractivity contribution in [3.05, 3.63) is 29.8 Å². The summed E-state index contributed by atoms with van der Waals surface area (Å²) in [6, 6.07) is 6.52. The van der Waals surface area contributed by atoms with E-state index in [4.69, 9.17) is 4.74 Å². The van der Waals surface area contributed by atoms with Gasteiger partial charge in [0.2, 0.25) is 5.91 Å². The van der Waals surface area contributed by atoms with E-state index in [0.29, 0.717) is 30.8 Å². The first-order valence-corrected chi connectivity index (χ1v) is 7.88. The summed E-state index contributed by atoms with van der Waals surface area (Å²) in [5.74, 6) is -1.41. The van der Waals surface area contributed by atoms with E-state index < -0.39 is 23.3 Å².